The highest BCUT2D eigenvalue weighted by Crippen LogP contribution is 2.11. The van der Waals surface area contributed by atoms with Gasteiger partial charge in [0.15, 0.2) is 5.11 Å². The molecule has 0 radical (unpaired) electrons. The maximum atomic E-state index is 5.28. The lowest BCUT2D eigenvalue weighted by Crippen LogP contribution is -2.31. The molecule has 0 aliphatic rings. The summed E-state index contributed by atoms with van der Waals surface area (Å²) in [5.74, 6) is 0.831. The van der Waals surface area contributed by atoms with Crippen molar-refractivity contribution in [3.05, 3.63) is 24.2 Å². The van der Waals surface area contributed by atoms with Crippen LogP contribution in [0.3, 0.4) is 0 Å². The second-order valence-corrected chi connectivity index (χ2v) is 2.69. The number of thiocarbonyl (C=S) groups is 1. The van der Waals surface area contributed by atoms with Crippen LogP contribution in [-0.4, -0.2) is 5.11 Å². The summed E-state index contributed by atoms with van der Waals surface area (Å²) in [4.78, 5) is 0. The van der Waals surface area contributed by atoms with Crippen molar-refractivity contribution in [2.24, 2.45) is 5.73 Å². The SMILES string of the molecule is CC(NC(N)=S)c1ccco1. The van der Waals surface area contributed by atoms with Gasteiger partial charge in [-0.1, -0.05) is 0 Å². The lowest BCUT2D eigenvalue weighted by molar-refractivity contribution is 0.463. The van der Waals surface area contributed by atoms with Crippen molar-refractivity contribution in [1.29, 1.82) is 0 Å². The third-order valence-electron chi connectivity index (χ3n) is 1.33. The Labute approximate surface area is 70.6 Å². The molecule has 4 heteroatoms. The monoisotopic (exact) mass is 170 g/mol. The summed E-state index contributed by atoms with van der Waals surface area (Å²) in [6.07, 6.45) is 1.62. The van der Waals surface area contributed by atoms with Crippen LogP contribution in [0.15, 0.2) is 22.8 Å². The van der Waals surface area contributed by atoms with Crippen molar-refractivity contribution in [3.8, 4) is 0 Å². The van der Waals surface area contributed by atoms with E-state index in [1.54, 1.807) is 6.26 Å². The largest absolute Gasteiger partial charge is 0.467 e. The fourth-order valence-corrected chi connectivity index (χ4v) is 0.999. The average molecular weight is 170 g/mol. The van der Waals surface area contributed by atoms with E-state index in [2.05, 4.69) is 17.5 Å². The van der Waals surface area contributed by atoms with E-state index in [-0.39, 0.29) is 11.2 Å². The maximum absolute atomic E-state index is 5.28. The fraction of sp³-hybridized carbons (Fsp3) is 0.286. The molecule has 0 aromatic carbocycles. The molecule has 0 amide bonds. The average Bonchev–Trinajstić information content (AvgIpc) is 2.35. The first-order chi connectivity index (χ1) is 5.20. The molecule has 1 heterocycles. The van der Waals surface area contributed by atoms with Crippen molar-refractivity contribution in [2.75, 3.05) is 0 Å². The molecule has 1 aromatic heterocycles. The van der Waals surface area contributed by atoms with Gasteiger partial charge in [-0.15, -0.1) is 0 Å². The van der Waals surface area contributed by atoms with Crippen LogP contribution in [0.4, 0.5) is 0 Å². The summed E-state index contributed by atoms with van der Waals surface area (Å²) in [6.45, 7) is 1.93. The molecule has 1 rings (SSSR count). The molecule has 0 aliphatic carbocycles. The molecule has 1 unspecified atom stereocenters. The molecular weight excluding hydrogens is 160 g/mol. The Morgan fingerprint density at radius 1 is 1.82 bits per heavy atom. The Morgan fingerprint density at radius 3 is 3.00 bits per heavy atom. The second kappa shape index (κ2) is 3.39. The topological polar surface area (TPSA) is 51.2 Å². The number of nitrogens with one attached hydrogen (secondary N) is 1. The lowest BCUT2D eigenvalue weighted by atomic mass is 10.3. The number of hydrogen-bond donors (Lipinski definition) is 2. The predicted octanol–water partition coefficient (Wildman–Crippen LogP) is 1.17. The van der Waals surface area contributed by atoms with E-state index < -0.39 is 0 Å². The van der Waals surface area contributed by atoms with Gasteiger partial charge in [0.2, 0.25) is 0 Å². The van der Waals surface area contributed by atoms with E-state index in [9.17, 15) is 0 Å². The van der Waals surface area contributed by atoms with E-state index in [0.717, 1.165) is 5.76 Å². The van der Waals surface area contributed by atoms with Crippen molar-refractivity contribution < 1.29 is 4.42 Å². The first kappa shape index (κ1) is 8.07. The van der Waals surface area contributed by atoms with E-state index in [0.29, 0.717) is 0 Å². The summed E-state index contributed by atoms with van der Waals surface area (Å²) in [7, 11) is 0. The molecule has 0 bridgehead atoms. The molecule has 1 aromatic rings. The van der Waals surface area contributed by atoms with E-state index in [4.69, 9.17) is 10.2 Å². The first-order valence-corrected chi connectivity index (χ1v) is 3.70. The minimum Gasteiger partial charge on any atom is -0.467 e. The molecule has 3 N–H and O–H groups in total. The highest BCUT2D eigenvalue weighted by Gasteiger charge is 2.06. The van der Waals surface area contributed by atoms with Crippen LogP contribution in [0.2, 0.25) is 0 Å². The highest BCUT2D eigenvalue weighted by molar-refractivity contribution is 7.80. The van der Waals surface area contributed by atoms with Crippen LogP contribution in [0.25, 0.3) is 0 Å². The van der Waals surface area contributed by atoms with E-state index in [1.165, 1.54) is 0 Å². The lowest BCUT2D eigenvalue weighted by Gasteiger charge is -2.09. The summed E-state index contributed by atoms with van der Waals surface area (Å²) in [5, 5.41) is 3.15. The summed E-state index contributed by atoms with van der Waals surface area (Å²) < 4.78 is 5.12. The van der Waals surface area contributed by atoms with Crippen molar-refractivity contribution >= 4 is 17.3 Å². The van der Waals surface area contributed by atoms with Crippen LogP contribution in [0.1, 0.15) is 18.7 Å². The van der Waals surface area contributed by atoms with Gasteiger partial charge in [0, 0.05) is 0 Å². The Kier molecular flexibility index (Phi) is 2.48. The second-order valence-electron chi connectivity index (χ2n) is 2.25. The van der Waals surface area contributed by atoms with Crippen molar-refractivity contribution in [2.45, 2.75) is 13.0 Å². The Hall–Kier alpha value is -1.03. The number of hydrogen-bond acceptors (Lipinski definition) is 2. The third-order valence-corrected chi connectivity index (χ3v) is 1.45. The number of rotatable bonds is 2. The zero-order chi connectivity index (χ0) is 8.27. The van der Waals surface area contributed by atoms with Crippen LogP contribution in [-0.2, 0) is 0 Å². The molecule has 0 saturated carbocycles. The quantitative estimate of drug-likeness (QED) is 0.654. The number of nitrogens with two attached hydrogens (primary N) is 1. The van der Waals surface area contributed by atoms with Gasteiger partial charge in [0.1, 0.15) is 5.76 Å². The van der Waals surface area contributed by atoms with Gasteiger partial charge in [0.05, 0.1) is 12.3 Å². The van der Waals surface area contributed by atoms with Gasteiger partial charge in [0.25, 0.3) is 0 Å². The maximum Gasteiger partial charge on any atom is 0.164 e. The van der Waals surface area contributed by atoms with Gasteiger partial charge in [-0.2, -0.15) is 0 Å². The Balaban J connectivity index is 2.56. The van der Waals surface area contributed by atoms with Gasteiger partial charge >= 0.3 is 0 Å². The standard InChI is InChI=1S/C7H10N2OS/c1-5(9-7(8)11)6-3-2-4-10-6/h2-5H,1H3,(H3,8,9,11). The molecule has 11 heavy (non-hydrogen) atoms. The summed E-state index contributed by atoms with van der Waals surface area (Å²) in [6, 6.07) is 3.74. The van der Waals surface area contributed by atoms with Gasteiger partial charge < -0.3 is 15.5 Å². The highest BCUT2D eigenvalue weighted by atomic mass is 32.1. The fourth-order valence-electron chi connectivity index (χ4n) is 0.822. The first-order valence-electron chi connectivity index (χ1n) is 3.29. The third kappa shape index (κ3) is 2.23. The minimum absolute atomic E-state index is 0.0440. The molecule has 0 aliphatic heterocycles. The molecule has 1 atom stereocenters. The van der Waals surface area contributed by atoms with E-state index >= 15 is 0 Å². The van der Waals surface area contributed by atoms with E-state index in [1.807, 2.05) is 19.1 Å². The molecular formula is C7H10N2OS. The zero-order valence-corrected chi connectivity index (χ0v) is 7.02. The predicted molar refractivity (Wildman–Crippen MR) is 47.0 cm³/mol. The zero-order valence-electron chi connectivity index (χ0n) is 6.20. The van der Waals surface area contributed by atoms with Crippen LogP contribution in [0.5, 0.6) is 0 Å². The van der Waals surface area contributed by atoms with Crippen LogP contribution < -0.4 is 11.1 Å². The molecule has 3 nitrogen and oxygen atoms in total. The van der Waals surface area contributed by atoms with Gasteiger partial charge in [-0.05, 0) is 31.3 Å². The normalized spacial score (nSPS) is 12.5. The van der Waals surface area contributed by atoms with Gasteiger partial charge in [-0.3, -0.25) is 0 Å². The molecule has 0 spiro atoms. The van der Waals surface area contributed by atoms with Crippen LogP contribution in [0, 0.1) is 0 Å². The molecule has 60 valence electrons. The summed E-state index contributed by atoms with van der Waals surface area (Å²) in [5.41, 5.74) is 5.28. The van der Waals surface area contributed by atoms with Crippen molar-refractivity contribution in [1.82, 2.24) is 5.32 Å². The molecule has 0 saturated heterocycles. The van der Waals surface area contributed by atoms with Gasteiger partial charge in [-0.25, -0.2) is 0 Å². The molecule has 0 fully saturated rings. The van der Waals surface area contributed by atoms with Crippen LogP contribution >= 0.6 is 12.2 Å². The smallest absolute Gasteiger partial charge is 0.164 e. The summed E-state index contributed by atoms with van der Waals surface area (Å²) >= 11 is 4.67. The minimum atomic E-state index is 0.0440. The Morgan fingerprint density at radius 2 is 2.55 bits per heavy atom. The Bertz CT molecular complexity index is 233. The number of furan rings is 1. The van der Waals surface area contributed by atoms with Crippen molar-refractivity contribution in [3.63, 3.8) is 0 Å².